The molecule has 6 heteroatoms. The van der Waals surface area contributed by atoms with E-state index in [-0.39, 0.29) is 17.7 Å². The van der Waals surface area contributed by atoms with Gasteiger partial charge < -0.3 is 19.5 Å². The predicted molar refractivity (Wildman–Crippen MR) is 102 cm³/mol. The van der Waals surface area contributed by atoms with Gasteiger partial charge in [-0.1, -0.05) is 32.0 Å². The number of methoxy groups -OCH3 is 2. The molecule has 0 radical (unpaired) electrons. The smallest absolute Gasteiger partial charge is 0.261 e. The van der Waals surface area contributed by atoms with Gasteiger partial charge in [0.05, 0.1) is 20.3 Å². The fourth-order valence-corrected chi connectivity index (χ4v) is 2.77. The molecule has 2 aromatic carbocycles. The molecule has 5 nitrogen and oxygen atoms in total. The first-order valence-electron chi connectivity index (χ1n) is 8.97. The van der Waals surface area contributed by atoms with Crippen molar-refractivity contribution in [3.63, 3.8) is 0 Å². The van der Waals surface area contributed by atoms with Crippen molar-refractivity contribution in [3.05, 3.63) is 53.8 Å². The second-order valence-electron chi connectivity index (χ2n) is 6.03. The highest BCUT2D eigenvalue weighted by Gasteiger charge is 2.23. The molecule has 0 aromatic heterocycles. The largest absolute Gasteiger partial charge is 0.493 e. The molecule has 2 rings (SSSR count). The Morgan fingerprint density at radius 3 is 2.30 bits per heavy atom. The van der Waals surface area contributed by atoms with E-state index >= 15 is 0 Å². The Morgan fingerprint density at radius 1 is 1.00 bits per heavy atom. The summed E-state index contributed by atoms with van der Waals surface area (Å²) in [5.74, 6) is 0.505. The Bertz CT molecular complexity index is 766. The fourth-order valence-electron chi connectivity index (χ4n) is 2.77. The van der Waals surface area contributed by atoms with Crippen LogP contribution < -0.4 is 19.5 Å². The van der Waals surface area contributed by atoms with E-state index in [9.17, 15) is 9.18 Å². The van der Waals surface area contributed by atoms with E-state index in [4.69, 9.17) is 14.2 Å². The average molecular weight is 375 g/mol. The van der Waals surface area contributed by atoms with E-state index in [1.807, 2.05) is 26.0 Å². The van der Waals surface area contributed by atoms with Gasteiger partial charge in [0.2, 0.25) is 0 Å². The van der Waals surface area contributed by atoms with Crippen LogP contribution in [-0.4, -0.2) is 26.2 Å². The zero-order valence-corrected chi connectivity index (χ0v) is 16.1. The lowest BCUT2D eigenvalue weighted by molar-refractivity contribution is -0.129. The Morgan fingerprint density at radius 2 is 1.70 bits per heavy atom. The van der Waals surface area contributed by atoms with Crippen LogP contribution in [0.4, 0.5) is 4.39 Å². The molecular weight excluding hydrogens is 349 g/mol. The summed E-state index contributed by atoms with van der Waals surface area (Å²) in [6, 6.07) is 11.4. The van der Waals surface area contributed by atoms with Crippen molar-refractivity contribution in [2.45, 2.75) is 38.8 Å². The molecular formula is C21H26FNO4. The van der Waals surface area contributed by atoms with Gasteiger partial charge in [0, 0.05) is 0 Å². The van der Waals surface area contributed by atoms with Crippen LogP contribution in [0.1, 0.15) is 38.3 Å². The topological polar surface area (TPSA) is 56.8 Å². The summed E-state index contributed by atoms with van der Waals surface area (Å²) in [6.07, 6.45) is 0.316. The Labute approximate surface area is 159 Å². The average Bonchev–Trinajstić information content (AvgIpc) is 2.70. The van der Waals surface area contributed by atoms with Gasteiger partial charge in [-0.3, -0.25) is 4.79 Å². The third-order valence-corrected chi connectivity index (χ3v) is 4.30. The molecule has 0 aliphatic carbocycles. The SMILES string of the molecule is CC[C@H](Oc1ccccc1F)C(=O)N[C@H](CC)c1ccc(OC)c(OC)c1. The zero-order chi connectivity index (χ0) is 19.8. The Hall–Kier alpha value is -2.76. The maximum Gasteiger partial charge on any atom is 0.261 e. The molecule has 0 aliphatic rings. The number of carbonyl (C=O) groups excluding carboxylic acids is 1. The van der Waals surface area contributed by atoms with Crippen molar-refractivity contribution >= 4 is 5.91 Å². The van der Waals surface area contributed by atoms with E-state index < -0.39 is 11.9 Å². The van der Waals surface area contributed by atoms with Gasteiger partial charge >= 0.3 is 0 Å². The lowest BCUT2D eigenvalue weighted by Gasteiger charge is -2.23. The van der Waals surface area contributed by atoms with Gasteiger partial charge in [-0.2, -0.15) is 0 Å². The summed E-state index contributed by atoms with van der Waals surface area (Å²) in [5, 5.41) is 2.98. The minimum atomic E-state index is -0.781. The van der Waals surface area contributed by atoms with Crippen LogP contribution in [0.5, 0.6) is 17.2 Å². The lowest BCUT2D eigenvalue weighted by Crippen LogP contribution is -2.40. The molecule has 0 saturated heterocycles. The van der Waals surface area contributed by atoms with Crippen LogP contribution in [0.25, 0.3) is 0 Å². The minimum Gasteiger partial charge on any atom is -0.493 e. The third-order valence-electron chi connectivity index (χ3n) is 4.30. The van der Waals surface area contributed by atoms with Gasteiger partial charge in [-0.05, 0) is 42.7 Å². The van der Waals surface area contributed by atoms with Crippen LogP contribution in [0.2, 0.25) is 0 Å². The van der Waals surface area contributed by atoms with Crippen molar-refractivity contribution in [1.29, 1.82) is 0 Å². The molecule has 0 spiro atoms. The second-order valence-corrected chi connectivity index (χ2v) is 6.03. The van der Waals surface area contributed by atoms with E-state index in [0.29, 0.717) is 24.3 Å². The number of rotatable bonds is 9. The number of benzene rings is 2. The van der Waals surface area contributed by atoms with Crippen molar-refractivity contribution in [2.75, 3.05) is 14.2 Å². The van der Waals surface area contributed by atoms with E-state index in [2.05, 4.69) is 5.32 Å². The quantitative estimate of drug-likeness (QED) is 0.711. The molecule has 0 saturated carbocycles. The Balaban J connectivity index is 2.14. The maximum absolute atomic E-state index is 13.8. The molecule has 27 heavy (non-hydrogen) atoms. The second kappa shape index (κ2) is 9.80. The van der Waals surface area contributed by atoms with Crippen LogP contribution in [-0.2, 0) is 4.79 Å². The number of amides is 1. The lowest BCUT2D eigenvalue weighted by atomic mass is 10.0. The highest BCUT2D eigenvalue weighted by atomic mass is 19.1. The molecule has 1 N–H and O–H groups in total. The van der Waals surface area contributed by atoms with E-state index in [0.717, 1.165) is 5.56 Å². The number of hydrogen-bond acceptors (Lipinski definition) is 4. The maximum atomic E-state index is 13.8. The van der Waals surface area contributed by atoms with E-state index in [1.165, 1.54) is 12.1 Å². The fraction of sp³-hybridized carbons (Fsp3) is 0.381. The standard InChI is InChI=1S/C21H26FNO4/c1-5-16(14-11-12-19(25-3)20(13-14)26-4)23-21(24)17(6-2)27-18-10-8-7-9-15(18)22/h7-13,16-17H,5-6H2,1-4H3,(H,23,24)/t16-,17+/m1/s1. The predicted octanol–water partition coefficient (Wildman–Crippen LogP) is 4.27. The summed E-state index contributed by atoms with van der Waals surface area (Å²) >= 11 is 0. The summed E-state index contributed by atoms with van der Waals surface area (Å²) in [6.45, 7) is 3.79. The molecule has 1 amide bonds. The number of ether oxygens (including phenoxy) is 3. The summed E-state index contributed by atoms with van der Waals surface area (Å²) in [7, 11) is 3.14. The Kier molecular flexibility index (Phi) is 7.46. The van der Waals surface area contributed by atoms with Crippen LogP contribution >= 0.6 is 0 Å². The molecule has 0 aliphatic heterocycles. The molecule has 2 aromatic rings. The summed E-state index contributed by atoms with van der Waals surface area (Å²) in [5.41, 5.74) is 0.893. The van der Waals surface area contributed by atoms with Crippen LogP contribution in [0.3, 0.4) is 0 Å². The van der Waals surface area contributed by atoms with Crippen molar-refractivity contribution in [2.24, 2.45) is 0 Å². The number of halogens is 1. The van der Waals surface area contributed by atoms with E-state index in [1.54, 1.807) is 32.4 Å². The monoisotopic (exact) mass is 375 g/mol. The first-order valence-corrected chi connectivity index (χ1v) is 8.97. The highest BCUT2D eigenvalue weighted by molar-refractivity contribution is 5.81. The van der Waals surface area contributed by atoms with Gasteiger partial charge in [-0.25, -0.2) is 4.39 Å². The summed E-state index contributed by atoms with van der Waals surface area (Å²) < 4.78 is 30.0. The minimum absolute atomic E-state index is 0.0682. The number of hydrogen-bond donors (Lipinski definition) is 1. The number of para-hydroxylation sites is 1. The summed E-state index contributed by atoms with van der Waals surface area (Å²) in [4.78, 5) is 12.7. The van der Waals surface area contributed by atoms with Crippen molar-refractivity contribution < 1.29 is 23.4 Å². The molecule has 0 unspecified atom stereocenters. The first kappa shape index (κ1) is 20.6. The van der Waals surface area contributed by atoms with Gasteiger partial charge in [0.25, 0.3) is 5.91 Å². The molecule has 0 heterocycles. The van der Waals surface area contributed by atoms with Gasteiger partial charge in [-0.15, -0.1) is 0 Å². The highest BCUT2D eigenvalue weighted by Crippen LogP contribution is 2.31. The molecule has 146 valence electrons. The van der Waals surface area contributed by atoms with Crippen molar-refractivity contribution in [3.8, 4) is 17.2 Å². The van der Waals surface area contributed by atoms with Gasteiger partial charge in [0.15, 0.2) is 29.2 Å². The van der Waals surface area contributed by atoms with Crippen LogP contribution in [0.15, 0.2) is 42.5 Å². The molecule has 0 bridgehead atoms. The first-order chi connectivity index (χ1) is 13.0. The molecule has 2 atom stereocenters. The van der Waals surface area contributed by atoms with Crippen molar-refractivity contribution in [1.82, 2.24) is 5.32 Å². The third kappa shape index (κ3) is 5.12. The number of nitrogens with one attached hydrogen (secondary N) is 1. The normalized spacial score (nSPS) is 12.8. The number of carbonyl (C=O) groups is 1. The molecule has 0 fully saturated rings. The van der Waals surface area contributed by atoms with Crippen LogP contribution in [0, 0.1) is 5.82 Å². The van der Waals surface area contributed by atoms with Gasteiger partial charge in [0.1, 0.15) is 0 Å². The zero-order valence-electron chi connectivity index (χ0n) is 16.1.